The molecule has 0 spiro atoms. The summed E-state index contributed by atoms with van der Waals surface area (Å²) in [6.07, 6.45) is 0. The predicted octanol–water partition coefficient (Wildman–Crippen LogP) is 3.05. The molecule has 0 radical (unpaired) electrons. The van der Waals surface area contributed by atoms with Crippen LogP contribution >= 0.6 is 0 Å². The van der Waals surface area contributed by atoms with E-state index in [-0.39, 0.29) is 5.91 Å². The van der Waals surface area contributed by atoms with Gasteiger partial charge in [0.15, 0.2) is 0 Å². The quantitative estimate of drug-likeness (QED) is 0.793. The van der Waals surface area contributed by atoms with Crippen molar-refractivity contribution in [2.45, 2.75) is 20.4 Å². The summed E-state index contributed by atoms with van der Waals surface area (Å²) in [5.41, 5.74) is 11.4. The van der Waals surface area contributed by atoms with E-state index in [2.05, 4.69) is 13.0 Å². The van der Waals surface area contributed by atoms with Crippen LogP contribution in [0.25, 0.3) is 0 Å². The average Bonchev–Trinajstić information content (AvgIpc) is 2.68. The van der Waals surface area contributed by atoms with Crippen LogP contribution in [0.5, 0.6) is 0 Å². The molecule has 2 N–H and O–H groups in total. The highest BCUT2D eigenvalue weighted by Crippen LogP contribution is 2.33. The van der Waals surface area contributed by atoms with Crippen molar-refractivity contribution in [1.29, 1.82) is 0 Å². The van der Waals surface area contributed by atoms with Crippen LogP contribution < -0.4 is 10.6 Å². The van der Waals surface area contributed by atoms with Gasteiger partial charge in [0, 0.05) is 11.4 Å². The molecule has 0 atom stereocenters. The Bertz CT molecular complexity index is 676. The maximum absolute atomic E-state index is 12.5. The topological polar surface area (TPSA) is 46.3 Å². The van der Waals surface area contributed by atoms with Gasteiger partial charge in [-0.15, -0.1) is 0 Å². The van der Waals surface area contributed by atoms with E-state index in [9.17, 15) is 4.79 Å². The van der Waals surface area contributed by atoms with Crippen molar-refractivity contribution in [1.82, 2.24) is 0 Å². The van der Waals surface area contributed by atoms with Crippen molar-refractivity contribution in [3.8, 4) is 0 Å². The number of anilines is 2. The Balaban J connectivity index is 2.07. The second-order valence-electron chi connectivity index (χ2n) is 5.06. The summed E-state index contributed by atoms with van der Waals surface area (Å²) in [5, 5.41) is 0. The summed E-state index contributed by atoms with van der Waals surface area (Å²) in [5.74, 6) is 0.0000491. The number of rotatable bonds is 1. The SMILES string of the molecule is Cc1ccc(N2Cc3cccc(N)c3C2=O)c(C)c1. The highest BCUT2D eigenvalue weighted by atomic mass is 16.2. The molecule has 96 valence electrons. The molecule has 3 rings (SSSR count). The van der Waals surface area contributed by atoms with Crippen molar-refractivity contribution < 1.29 is 4.79 Å². The number of carbonyl (C=O) groups is 1. The Labute approximate surface area is 112 Å². The fraction of sp³-hybridized carbons (Fsp3) is 0.188. The first-order chi connectivity index (χ1) is 9.08. The van der Waals surface area contributed by atoms with Gasteiger partial charge in [-0.05, 0) is 37.1 Å². The van der Waals surface area contributed by atoms with E-state index in [1.165, 1.54) is 5.56 Å². The van der Waals surface area contributed by atoms with E-state index in [4.69, 9.17) is 5.73 Å². The van der Waals surface area contributed by atoms with Gasteiger partial charge in [-0.2, -0.15) is 0 Å². The molecule has 2 aromatic rings. The number of benzene rings is 2. The summed E-state index contributed by atoms with van der Waals surface area (Å²) >= 11 is 0. The summed E-state index contributed by atoms with van der Waals surface area (Å²) in [4.78, 5) is 14.3. The monoisotopic (exact) mass is 252 g/mol. The highest BCUT2D eigenvalue weighted by molar-refractivity contribution is 6.13. The molecule has 1 aliphatic heterocycles. The largest absolute Gasteiger partial charge is 0.398 e. The third-order valence-electron chi connectivity index (χ3n) is 3.61. The molecule has 0 aliphatic carbocycles. The average molecular weight is 252 g/mol. The van der Waals surface area contributed by atoms with Crippen molar-refractivity contribution >= 4 is 17.3 Å². The smallest absolute Gasteiger partial charge is 0.261 e. The van der Waals surface area contributed by atoms with E-state index in [1.807, 2.05) is 31.2 Å². The van der Waals surface area contributed by atoms with Crippen LogP contribution in [0.3, 0.4) is 0 Å². The first kappa shape index (κ1) is 11.8. The molecule has 0 saturated carbocycles. The third-order valence-corrected chi connectivity index (χ3v) is 3.61. The standard InChI is InChI=1S/C16H16N2O/c1-10-6-7-14(11(2)8-10)18-9-12-4-3-5-13(17)15(12)16(18)19/h3-8H,9,17H2,1-2H3. The zero-order valence-corrected chi connectivity index (χ0v) is 11.1. The molecule has 3 heteroatoms. The first-order valence-corrected chi connectivity index (χ1v) is 6.34. The van der Waals surface area contributed by atoms with Gasteiger partial charge in [-0.3, -0.25) is 4.79 Å². The van der Waals surface area contributed by atoms with Gasteiger partial charge in [0.1, 0.15) is 0 Å². The highest BCUT2D eigenvalue weighted by Gasteiger charge is 2.30. The Hall–Kier alpha value is -2.29. The van der Waals surface area contributed by atoms with Crippen molar-refractivity contribution in [3.05, 3.63) is 58.7 Å². The fourth-order valence-electron chi connectivity index (χ4n) is 2.69. The minimum absolute atomic E-state index is 0.0000491. The van der Waals surface area contributed by atoms with Crippen LogP contribution in [-0.4, -0.2) is 5.91 Å². The van der Waals surface area contributed by atoms with E-state index < -0.39 is 0 Å². The van der Waals surface area contributed by atoms with Gasteiger partial charge >= 0.3 is 0 Å². The number of hydrogen-bond acceptors (Lipinski definition) is 2. The second kappa shape index (κ2) is 4.12. The Kier molecular flexibility index (Phi) is 2.56. The Morgan fingerprint density at radius 1 is 1.16 bits per heavy atom. The van der Waals surface area contributed by atoms with Crippen molar-refractivity contribution in [2.24, 2.45) is 0 Å². The van der Waals surface area contributed by atoms with Crippen molar-refractivity contribution in [2.75, 3.05) is 10.6 Å². The lowest BCUT2D eigenvalue weighted by Gasteiger charge is -2.18. The number of fused-ring (bicyclic) bond motifs is 1. The van der Waals surface area contributed by atoms with Gasteiger partial charge in [0.25, 0.3) is 5.91 Å². The molecule has 19 heavy (non-hydrogen) atoms. The lowest BCUT2D eigenvalue weighted by molar-refractivity contribution is 0.0997. The Morgan fingerprint density at radius 2 is 1.95 bits per heavy atom. The van der Waals surface area contributed by atoms with Gasteiger partial charge in [-0.25, -0.2) is 0 Å². The maximum Gasteiger partial charge on any atom is 0.261 e. The van der Waals surface area contributed by atoms with Gasteiger partial charge in [0.05, 0.1) is 12.1 Å². The molecule has 0 bridgehead atoms. The van der Waals surface area contributed by atoms with Gasteiger partial charge < -0.3 is 10.6 Å². The summed E-state index contributed by atoms with van der Waals surface area (Å²) < 4.78 is 0. The molecular weight excluding hydrogens is 236 g/mol. The molecule has 1 aliphatic rings. The van der Waals surface area contributed by atoms with Crippen LogP contribution in [0, 0.1) is 13.8 Å². The van der Waals surface area contributed by atoms with Crippen LogP contribution in [0.4, 0.5) is 11.4 Å². The van der Waals surface area contributed by atoms with Crippen molar-refractivity contribution in [3.63, 3.8) is 0 Å². The van der Waals surface area contributed by atoms with E-state index in [0.29, 0.717) is 17.8 Å². The molecule has 0 fully saturated rings. The zero-order valence-electron chi connectivity index (χ0n) is 11.1. The zero-order chi connectivity index (χ0) is 13.6. The normalized spacial score (nSPS) is 13.8. The number of nitrogen functional groups attached to an aromatic ring is 1. The minimum atomic E-state index is 0.0000491. The molecular formula is C16H16N2O. The third kappa shape index (κ3) is 1.78. The lowest BCUT2D eigenvalue weighted by Crippen LogP contribution is -2.24. The first-order valence-electron chi connectivity index (χ1n) is 6.34. The van der Waals surface area contributed by atoms with E-state index in [1.54, 1.807) is 11.0 Å². The number of carbonyl (C=O) groups excluding carboxylic acids is 1. The minimum Gasteiger partial charge on any atom is -0.398 e. The summed E-state index contributed by atoms with van der Waals surface area (Å²) in [6.45, 7) is 4.68. The maximum atomic E-state index is 12.5. The van der Waals surface area contributed by atoms with Crippen LogP contribution in [0.1, 0.15) is 27.0 Å². The Morgan fingerprint density at radius 3 is 2.63 bits per heavy atom. The number of nitrogens with two attached hydrogens (primary N) is 1. The van der Waals surface area contributed by atoms with Crippen LogP contribution in [-0.2, 0) is 6.54 Å². The predicted molar refractivity (Wildman–Crippen MR) is 77.3 cm³/mol. The number of nitrogens with zero attached hydrogens (tertiary/aromatic N) is 1. The molecule has 2 aromatic carbocycles. The molecule has 1 amide bonds. The van der Waals surface area contributed by atoms with Gasteiger partial charge in [0.2, 0.25) is 0 Å². The molecule has 0 unspecified atom stereocenters. The molecule has 1 heterocycles. The fourth-order valence-corrected chi connectivity index (χ4v) is 2.69. The number of aryl methyl sites for hydroxylation is 2. The summed E-state index contributed by atoms with van der Waals surface area (Å²) in [6, 6.07) is 11.8. The molecule has 0 saturated heterocycles. The number of amides is 1. The van der Waals surface area contributed by atoms with Crippen LogP contribution in [0.15, 0.2) is 36.4 Å². The van der Waals surface area contributed by atoms with E-state index >= 15 is 0 Å². The van der Waals surface area contributed by atoms with Crippen LogP contribution in [0.2, 0.25) is 0 Å². The second-order valence-corrected chi connectivity index (χ2v) is 5.06. The van der Waals surface area contributed by atoms with E-state index in [0.717, 1.165) is 16.8 Å². The molecule has 0 aromatic heterocycles. The molecule has 3 nitrogen and oxygen atoms in total. The lowest BCUT2D eigenvalue weighted by atomic mass is 10.1. The van der Waals surface area contributed by atoms with Gasteiger partial charge in [-0.1, -0.05) is 29.8 Å². The number of hydrogen-bond donors (Lipinski definition) is 1. The summed E-state index contributed by atoms with van der Waals surface area (Å²) in [7, 11) is 0.